The second-order valence-electron chi connectivity index (χ2n) is 3.88. The van der Waals surface area contributed by atoms with Crippen LogP contribution in [-0.2, 0) is 16.6 Å². The van der Waals surface area contributed by atoms with Crippen molar-refractivity contribution in [2.45, 2.75) is 11.4 Å². The quantitative estimate of drug-likeness (QED) is 0.759. The van der Waals surface area contributed by atoms with Gasteiger partial charge < -0.3 is 10.4 Å². The van der Waals surface area contributed by atoms with Crippen LogP contribution in [0.15, 0.2) is 34.7 Å². The maximum atomic E-state index is 11.1. The maximum Gasteiger partial charge on any atom is 0.357 e. The van der Waals surface area contributed by atoms with Crippen molar-refractivity contribution in [3.63, 3.8) is 0 Å². The number of aromatic nitrogens is 1. The van der Waals surface area contributed by atoms with Crippen LogP contribution < -0.4 is 10.5 Å². The van der Waals surface area contributed by atoms with Crippen molar-refractivity contribution in [1.82, 2.24) is 4.98 Å². The largest absolute Gasteiger partial charge is 0.476 e. The zero-order valence-corrected chi connectivity index (χ0v) is 11.7. The molecule has 0 saturated heterocycles. The van der Waals surface area contributed by atoms with E-state index in [1.165, 1.54) is 29.0 Å². The Kier molecular flexibility index (Phi) is 4.02. The van der Waals surface area contributed by atoms with Gasteiger partial charge in [-0.15, -0.1) is 11.3 Å². The van der Waals surface area contributed by atoms with Crippen LogP contribution >= 0.6 is 11.3 Å². The standard InChI is InChI=1S/C11H11N3O4S2/c12-20(17,18)8-3-1-7(2-4-8)5-13-10-9(11(15)16)14-6-19-10/h1-4,6,13H,5H2,(H,15,16)(H2,12,17,18). The average Bonchev–Trinajstić information content (AvgIpc) is 2.84. The Balaban J connectivity index is 2.08. The molecule has 1 aromatic heterocycles. The summed E-state index contributed by atoms with van der Waals surface area (Å²) in [5, 5.41) is 17.3. The molecule has 0 atom stereocenters. The second kappa shape index (κ2) is 5.57. The number of nitrogens with zero attached hydrogens (tertiary/aromatic N) is 1. The number of hydrogen-bond acceptors (Lipinski definition) is 6. The first-order valence-electron chi connectivity index (χ1n) is 5.40. The molecule has 106 valence electrons. The monoisotopic (exact) mass is 313 g/mol. The molecule has 0 radical (unpaired) electrons. The third-order valence-electron chi connectivity index (χ3n) is 2.47. The van der Waals surface area contributed by atoms with Crippen molar-refractivity contribution in [2.24, 2.45) is 5.14 Å². The summed E-state index contributed by atoms with van der Waals surface area (Å²) in [7, 11) is -3.70. The summed E-state index contributed by atoms with van der Waals surface area (Å²) in [5.41, 5.74) is 2.20. The molecule has 9 heteroatoms. The van der Waals surface area contributed by atoms with Gasteiger partial charge in [0.1, 0.15) is 5.00 Å². The summed E-state index contributed by atoms with van der Waals surface area (Å²) in [6.07, 6.45) is 0. The summed E-state index contributed by atoms with van der Waals surface area (Å²) < 4.78 is 22.2. The average molecular weight is 313 g/mol. The smallest absolute Gasteiger partial charge is 0.357 e. The van der Waals surface area contributed by atoms with Crippen LogP contribution in [0.2, 0.25) is 0 Å². The highest BCUT2D eigenvalue weighted by Gasteiger charge is 2.13. The van der Waals surface area contributed by atoms with Gasteiger partial charge in [-0.3, -0.25) is 0 Å². The number of carboxylic acids is 1. The Bertz CT molecular complexity index is 722. The van der Waals surface area contributed by atoms with E-state index >= 15 is 0 Å². The van der Waals surface area contributed by atoms with Crippen LogP contribution in [0.4, 0.5) is 5.00 Å². The lowest BCUT2D eigenvalue weighted by Crippen LogP contribution is -2.12. The van der Waals surface area contributed by atoms with E-state index in [2.05, 4.69) is 10.3 Å². The first-order chi connectivity index (χ1) is 9.38. The highest BCUT2D eigenvalue weighted by atomic mass is 32.2. The molecule has 2 rings (SSSR count). The van der Waals surface area contributed by atoms with Crippen LogP contribution in [0.1, 0.15) is 16.1 Å². The van der Waals surface area contributed by atoms with Crippen LogP contribution in [-0.4, -0.2) is 24.5 Å². The van der Waals surface area contributed by atoms with Crippen molar-refractivity contribution in [3.8, 4) is 0 Å². The van der Waals surface area contributed by atoms with Crippen molar-refractivity contribution in [2.75, 3.05) is 5.32 Å². The minimum absolute atomic E-state index is 0.0313. The van der Waals surface area contributed by atoms with E-state index in [-0.39, 0.29) is 10.6 Å². The summed E-state index contributed by atoms with van der Waals surface area (Å²) >= 11 is 1.19. The molecular formula is C11H11N3O4S2. The van der Waals surface area contributed by atoms with Crippen LogP contribution in [0.25, 0.3) is 0 Å². The lowest BCUT2D eigenvalue weighted by atomic mass is 10.2. The molecule has 0 unspecified atom stereocenters. The van der Waals surface area contributed by atoms with Gasteiger partial charge in [0, 0.05) is 6.54 Å². The summed E-state index contributed by atoms with van der Waals surface area (Å²) in [5.74, 6) is -1.10. The third kappa shape index (κ3) is 3.32. The number of rotatable bonds is 5. The van der Waals surface area contributed by atoms with E-state index in [0.29, 0.717) is 11.5 Å². The van der Waals surface area contributed by atoms with E-state index in [9.17, 15) is 13.2 Å². The molecule has 1 aromatic carbocycles. The second-order valence-corrected chi connectivity index (χ2v) is 6.29. The number of aromatic carboxylic acids is 1. The first kappa shape index (κ1) is 14.4. The number of primary sulfonamides is 1. The van der Waals surface area contributed by atoms with Gasteiger partial charge in [-0.1, -0.05) is 12.1 Å². The first-order valence-corrected chi connectivity index (χ1v) is 7.83. The van der Waals surface area contributed by atoms with Gasteiger partial charge in [0.25, 0.3) is 0 Å². The van der Waals surface area contributed by atoms with Gasteiger partial charge in [-0.25, -0.2) is 23.3 Å². The number of sulfonamides is 1. The molecule has 20 heavy (non-hydrogen) atoms. The molecule has 0 fully saturated rings. The van der Waals surface area contributed by atoms with E-state index in [0.717, 1.165) is 5.56 Å². The fourth-order valence-electron chi connectivity index (χ4n) is 1.50. The predicted octanol–water partition coefficient (Wildman–Crippen LogP) is 1.10. The topological polar surface area (TPSA) is 122 Å². The summed E-state index contributed by atoms with van der Waals surface area (Å²) in [6, 6.07) is 6.01. The number of anilines is 1. The fraction of sp³-hybridized carbons (Fsp3) is 0.0909. The van der Waals surface area contributed by atoms with Gasteiger partial charge >= 0.3 is 5.97 Å². The lowest BCUT2D eigenvalue weighted by molar-refractivity contribution is 0.0692. The highest BCUT2D eigenvalue weighted by Crippen LogP contribution is 2.21. The molecule has 0 saturated carbocycles. The number of nitrogens with two attached hydrogens (primary N) is 1. The molecule has 1 heterocycles. The van der Waals surface area contributed by atoms with E-state index in [4.69, 9.17) is 10.2 Å². The lowest BCUT2D eigenvalue weighted by Gasteiger charge is -2.05. The molecule has 0 amide bonds. The van der Waals surface area contributed by atoms with Gasteiger partial charge in [-0.05, 0) is 17.7 Å². The van der Waals surface area contributed by atoms with Crippen LogP contribution in [0.3, 0.4) is 0 Å². The Hall–Kier alpha value is -1.97. The summed E-state index contributed by atoms with van der Waals surface area (Å²) in [4.78, 5) is 14.6. The molecule has 0 aliphatic heterocycles. The summed E-state index contributed by atoms with van der Waals surface area (Å²) in [6.45, 7) is 0.355. The molecule has 0 aliphatic carbocycles. The number of carboxylic acid groups (broad SMARTS) is 1. The van der Waals surface area contributed by atoms with Crippen LogP contribution in [0.5, 0.6) is 0 Å². The van der Waals surface area contributed by atoms with E-state index in [1.807, 2.05) is 0 Å². The van der Waals surface area contributed by atoms with Crippen molar-refractivity contribution < 1.29 is 18.3 Å². The van der Waals surface area contributed by atoms with Gasteiger partial charge in [0.05, 0.1) is 10.4 Å². The Morgan fingerprint density at radius 1 is 1.35 bits per heavy atom. The maximum absolute atomic E-state index is 11.1. The number of nitrogens with one attached hydrogen (secondary N) is 1. The van der Waals surface area contributed by atoms with Crippen molar-refractivity contribution >= 4 is 32.3 Å². The number of thiazole rings is 1. The minimum atomic E-state index is -3.70. The number of carbonyl (C=O) groups is 1. The number of hydrogen-bond donors (Lipinski definition) is 3. The third-order valence-corrected chi connectivity index (χ3v) is 4.19. The zero-order chi connectivity index (χ0) is 14.8. The molecule has 2 aromatic rings. The van der Waals surface area contributed by atoms with Gasteiger partial charge in [0.2, 0.25) is 10.0 Å². The Morgan fingerprint density at radius 3 is 2.55 bits per heavy atom. The molecule has 0 aliphatic rings. The molecule has 0 bridgehead atoms. The SMILES string of the molecule is NS(=O)(=O)c1ccc(CNc2scnc2C(=O)O)cc1. The van der Waals surface area contributed by atoms with Crippen LogP contribution in [0, 0.1) is 0 Å². The number of benzene rings is 1. The molecule has 0 spiro atoms. The highest BCUT2D eigenvalue weighted by molar-refractivity contribution is 7.89. The van der Waals surface area contributed by atoms with E-state index < -0.39 is 16.0 Å². The fourth-order valence-corrected chi connectivity index (χ4v) is 2.69. The predicted molar refractivity (Wildman–Crippen MR) is 74.2 cm³/mol. The van der Waals surface area contributed by atoms with E-state index in [1.54, 1.807) is 12.1 Å². The zero-order valence-electron chi connectivity index (χ0n) is 10.1. The molecule has 7 nitrogen and oxygen atoms in total. The molecular weight excluding hydrogens is 302 g/mol. The minimum Gasteiger partial charge on any atom is -0.476 e. The Morgan fingerprint density at radius 2 is 2.00 bits per heavy atom. The van der Waals surface area contributed by atoms with Gasteiger partial charge in [-0.2, -0.15) is 0 Å². The Labute approximate surface area is 119 Å². The van der Waals surface area contributed by atoms with Crippen molar-refractivity contribution in [1.29, 1.82) is 0 Å². The normalized spacial score (nSPS) is 11.2. The molecule has 4 N–H and O–H groups in total. The van der Waals surface area contributed by atoms with Gasteiger partial charge in [0.15, 0.2) is 5.69 Å². The van der Waals surface area contributed by atoms with Crippen molar-refractivity contribution in [3.05, 3.63) is 41.0 Å².